The van der Waals surface area contributed by atoms with E-state index < -0.39 is 5.97 Å². The highest BCUT2D eigenvalue weighted by molar-refractivity contribution is 7.80. The molecular formula is C28H26N4O3S. The number of carboxylic acid groups (broad SMARTS) is 1. The first-order valence-electron chi connectivity index (χ1n) is 11.8. The molecule has 1 aliphatic heterocycles. The molecule has 0 spiro atoms. The van der Waals surface area contributed by atoms with Crippen molar-refractivity contribution < 1.29 is 14.3 Å². The number of nitrogens with one attached hydrogen (secondary N) is 2. The topological polar surface area (TPSA) is 90.6 Å². The van der Waals surface area contributed by atoms with Crippen LogP contribution in [0.25, 0.3) is 11.3 Å². The number of furan rings is 1. The molecule has 0 bridgehead atoms. The van der Waals surface area contributed by atoms with Crippen molar-refractivity contribution in [2.75, 3.05) is 18.4 Å². The third kappa shape index (κ3) is 5.08. The number of carbonyl (C=O) groups is 1. The number of para-hydroxylation sites is 1. The Bertz CT molecular complexity index is 1340. The molecule has 4 aromatic rings. The zero-order valence-corrected chi connectivity index (χ0v) is 20.3. The number of hydrogen-bond acceptors (Lipinski definition) is 5. The Kier molecular flexibility index (Phi) is 6.95. The lowest BCUT2D eigenvalue weighted by atomic mass is 10.0. The third-order valence-corrected chi connectivity index (χ3v) is 6.54. The van der Waals surface area contributed by atoms with E-state index in [4.69, 9.17) is 16.6 Å². The van der Waals surface area contributed by atoms with E-state index in [1.165, 1.54) is 0 Å². The van der Waals surface area contributed by atoms with Crippen LogP contribution in [0.15, 0.2) is 95.5 Å². The predicted octanol–water partition coefficient (Wildman–Crippen LogP) is 5.51. The second-order valence-corrected chi connectivity index (χ2v) is 8.94. The fourth-order valence-electron chi connectivity index (χ4n) is 4.47. The first-order valence-corrected chi connectivity index (χ1v) is 12.2. The maximum Gasteiger partial charge on any atom is 0.335 e. The molecule has 3 heterocycles. The quantitative estimate of drug-likeness (QED) is 0.205. The lowest BCUT2D eigenvalue weighted by Crippen LogP contribution is -2.31. The van der Waals surface area contributed by atoms with Gasteiger partial charge in [-0.15, -0.1) is 0 Å². The van der Waals surface area contributed by atoms with Gasteiger partial charge in [-0.05, 0) is 67.2 Å². The molecule has 0 amide bonds. The zero-order chi connectivity index (χ0) is 24.9. The van der Waals surface area contributed by atoms with Crippen molar-refractivity contribution in [1.29, 1.82) is 0 Å². The molecule has 1 saturated heterocycles. The lowest BCUT2D eigenvalue weighted by molar-refractivity contribution is 0.0697. The Morgan fingerprint density at radius 1 is 1.06 bits per heavy atom. The average Bonchev–Trinajstić information content (AvgIpc) is 3.52. The first-order chi connectivity index (χ1) is 17.6. The van der Waals surface area contributed by atoms with Crippen molar-refractivity contribution >= 4 is 29.0 Å². The summed E-state index contributed by atoms with van der Waals surface area (Å²) in [6.07, 6.45) is 2.64. The summed E-state index contributed by atoms with van der Waals surface area (Å²) in [5.41, 5.74) is 2.89. The molecule has 8 heteroatoms. The second-order valence-electron chi connectivity index (χ2n) is 8.55. The molecule has 1 aliphatic rings. The van der Waals surface area contributed by atoms with E-state index in [0.717, 1.165) is 36.7 Å². The maximum atomic E-state index is 11.4. The summed E-state index contributed by atoms with van der Waals surface area (Å²) in [6.45, 7) is 1.53. The van der Waals surface area contributed by atoms with Gasteiger partial charge in [0.25, 0.3) is 0 Å². The normalized spacial score (nSPS) is 17.1. The van der Waals surface area contributed by atoms with Gasteiger partial charge >= 0.3 is 5.97 Å². The highest BCUT2D eigenvalue weighted by atomic mass is 32.1. The minimum absolute atomic E-state index is 0.176. The Labute approximate surface area is 214 Å². The SMILES string of the molecule is O=C(O)c1cccc(-c2ccc(C3C(c4ccccn4)NC(=S)N3CCCNc3ccccc3)o2)c1. The van der Waals surface area contributed by atoms with Gasteiger partial charge in [0.2, 0.25) is 0 Å². The molecule has 3 N–H and O–H groups in total. The Morgan fingerprint density at radius 3 is 2.67 bits per heavy atom. The fourth-order valence-corrected chi connectivity index (χ4v) is 4.80. The van der Waals surface area contributed by atoms with Crippen LogP contribution in [0.5, 0.6) is 0 Å². The van der Waals surface area contributed by atoms with Crippen LogP contribution in [0.3, 0.4) is 0 Å². The van der Waals surface area contributed by atoms with Crippen LogP contribution in [-0.4, -0.2) is 39.2 Å². The van der Waals surface area contributed by atoms with Gasteiger partial charge in [-0.25, -0.2) is 4.79 Å². The monoisotopic (exact) mass is 498 g/mol. The van der Waals surface area contributed by atoms with Crippen molar-refractivity contribution in [2.24, 2.45) is 0 Å². The number of aromatic carboxylic acids is 1. The van der Waals surface area contributed by atoms with Crippen LogP contribution in [0.4, 0.5) is 5.69 Å². The van der Waals surface area contributed by atoms with Crippen LogP contribution in [-0.2, 0) is 0 Å². The molecule has 182 valence electrons. The van der Waals surface area contributed by atoms with E-state index in [-0.39, 0.29) is 17.6 Å². The lowest BCUT2D eigenvalue weighted by Gasteiger charge is -2.26. The highest BCUT2D eigenvalue weighted by Crippen LogP contribution is 2.40. The molecule has 1 fully saturated rings. The van der Waals surface area contributed by atoms with Gasteiger partial charge < -0.3 is 25.1 Å². The number of anilines is 1. The van der Waals surface area contributed by atoms with E-state index in [2.05, 4.69) is 20.5 Å². The van der Waals surface area contributed by atoms with Crippen molar-refractivity contribution in [3.8, 4) is 11.3 Å². The molecular weight excluding hydrogens is 472 g/mol. The minimum atomic E-state index is -0.973. The Morgan fingerprint density at radius 2 is 1.89 bits per heavy atom. The van der Waals surface area contributed by atoms with Gasteiger partial charge in [0.05, 0.1) is 17.3 Å². The zero-order valence-electron chi connectivity index (χ0n) is 19.5. The first kappa shape index (κ1) is 23.6. The number of carboxylic acids is 1. The number of thiocarbonyl (C=S) groups is 1. The van der Waals surface area contributed by atoms with Gasteiger partial charge in [0.1, 0.15) is 17.6 Å². The molecule has 2 atom stereocenters. The van der Waals surface area contributed by atoms with Crippen LogP contribution in [0.2, 0.25) is 0 Å². The third-order valence-electron chi connectivity index (χ3n) is 6.19. The Balaban J connectivity index is 1.39. The molecule has 2 aromatic carbocycles. The molecule has 5 rings (SSSR count). The molecule has 7 nitrogen and oxygen atoms in total. The van der Waals surface area contributed by atoms with Crippen molar-refractivity contribution in [2.45, 2.75) is 18.5 Å². The minimum Gasteiger partial charge on any atom is -0.478 e. The summed E-state index contributed by atoms with van der Waals surface area (Å²) >= 11 is 5.74. The van der Waals surface area contributed by atoms with E-state index in [1.807, 2.05) is 66.7 Å². The summed E-state index contributed by atoms with van der Waals surface area (Å²) in [6, 6.07) is 26.1. The van der Waals surface area contributed by atoms with Crippen LogP contribution in [0.1, 0.15) is 40.3 Å². The Hall–Kier alpha value is -4.17. The maximum absolute atomic E-state index is 11.4. The van der Waals surface area contributed by atoms with Gasteiger partial charge in [-0.2, -0.15) is 0 Å². The van der Waals surface area contributed by atoms with Gasteiger partial charge in [0, 0.05) is 30.5 Å². The molecule has 0 radical (unpaired) electrons. The number of nitrogens with zero attached hydrogens (tertiary/aromatic N) is 2. The largest absolute Gasteiger partial charge is 0.478 e. The van der Waals surface area contributed by atoms with Crippen molar-refractivity contribution in [1.82, 2.24) is 15.2 Å². The number of pyridine rings is 1. The number of aromatic nitrogens is 1. The summed E-state index contributed by atoms with van der Waals surface area (Å²) < 4.78 is 6.32. The smallest absolute Gasteiger partial charge is 0.335 e. The average molecular weight is 499 g/mol. The molecule has 0 saturated carbocycles. The molecule has 0 aliphatic carbocycles. The van der Waals surface area contributed by atoms with E-state index >= 15 is 0 Å². The number of benzene rings is 2. The number of rotatable bonds is 9. The molecule has 2 unspecified atom stereocenters. The summed E-state index contributed by atoms with van der Waals surface area (Å²) in [7, 11) is 0. The molecule has 2 aromatic heterocycles. The second kappa shape index (κ2) is 10.6. The van der Waals surface area contributed by atoms with Crippen LogP contribution < -0.4 is 10.6 Å². The van der Waals surface area contributed by atoms with E-state index in [0.29, 0.717) is 16.4 Å². The van der Waals surface area contributed by atoms with E-state index in [1.54, 1.807) is 24.4 Å². The van der Waals surface area contributed by atoms with Crippen LogP contribution in [0, 0.1) is 0 Å². The summed E-state index contributed by atoms with van der Waals surface area (Å²) in [5.74, 6) is 0.376. The van der Waals surface area contributed by atoms with Gasteiger partial charge in [-0.3, -0.25) is 4.98 Å². The summed E-state index contributed by atoms with van der Waals surface area (Å²) in [4.78, 5) is 18.1. The van der Waals surface area contributed by atoms with Gasteiger partial charge in [-0.1, -0.05) is 36.4 Å². The van der Waals surface area contributed by atoms with E-state index in [9.17, 15) is 9.90 Å². The standard InChI is InChI=1S/C28H26N4O3S/c33-27(34)20-9-6-8-19(18-20)23-13-14-24(35-23)26-25(22-12-4-5-15-30-22)31-28(36)32(26)17-7-16-29-21-10-2-1-3-11-21/h1-6,8-15,18,25-26,29H,7,16-17H2,(H,31,36)(H,33,34). The fraction of sp³-hybridized carbons (Fsp3) is 0.179. The van der Waals surface area contributed by atoms with Crippen LogP contribution >= 0.6 is 12.2 Å². The number of hydrogen-bond donors (Lipinski definition) is 3. The van der Waals surface area contributed by atoms with Crippen molar-refractivity contribution in [3.05, 3.63) is 108 Å². The predicted molar refractivity (Wildman–Crippen MR) is 143 cm³/mol. The highest BCUT2D eigenvalue weighted by Gasteiger charge is 2.41. The van der Waals surface area contributed by atoms with Crippen molar-refractivity contribution in [3.63, 3.8) is 0 Å². The molecule has 36 heavy (non-hydrogen) atoms. The summed E-state index contributed by atoms with van der Waals surface area (Å²) in [5, 5.41) is 16.9. The van der Waals surface area contributed by atoms with Gasteiger partial charge in [0.15, 0.2) is 5.11 Å².